The van der Waals surface area contributed by atoms with Gasteiger partial charge in [0.1, 0.15) is 12.4 Å². The lowest BCUT2D eigenvalue weighted by molar-refractivity contribution is -0.136. The van der Waals surface area contributed by atoms with Crippen LogP contribution in [-0.2, 0) is 9.53 Å². The summed E-state index contributed by atoms with van der Waals surface area (Å²) in [6.45, 7) is 1.32. The molecular formula is C15H19N5O4. The minimum Gasteiger partial charge on any atom is -0.422 e. The van der Waals surface area contributed by atoms with Gasteiger partial charge in [0.15, 0.2) is 5.65 Å². The average Bonchev–Trinajstić information content (AvgIpc) is 2.60. The van der Waals surface area contributed by atoms with E-state index in [2.05, 4.69) is 15.3 Å². The Bertz CT molecular complexity index is 798. The van der Waals surface area contributed by atoms with Crippen LogP contribution in [0, 0.1) is 0 Å². The summed E-state index contributed by atoms with van der Waals surface area (Å²) in [5, 5.41) is 13.5. The van der Waals surface area contributed by atoms with E-state index in [1.807, 2.05) is 0 Å². The van der Waals surface area contributed by atoms with Crippen molar-refractivity contribution in [1.82, 2.24) is 19.6 Å². The molecule has 0 aliphatic carbocycles. The normalized spacial score (nSPS) is 15.6. The Morgan fingerprint density at radius 1 is 1.46 bits per heavy atom. The number of aromatic nitrogens is 3. The minimum absolute atomic E-state index is 0.0217. The molecule has 0 unspecified atom stereocenters. The van der Waals surface area contributed by atoms with Crippen LogP contribution in [0.4, 0.5) is 5.82 Å². The van der Waals surface area contributed by atoms with E-state index >= 15 is 0 Å². The van der Waals surface area contributed by atoms with E-state index in [0.29, 0.717) is 29.0 Å². The van der Waals surface area contributed by atoms with Crippen molar-refractivity contribution >= 4 is 22.8 Å². The van der Waals surface area contributed by atoms with Crippen LogP contribution in [0.1, 0.15) is 12.8 Å². The first-order chi connectivity index (χ1) is 11.6. The molecular weight excluding hydrogens is 314 g/mol. The Balaban J connectivity index is 1.74. The molecule has 9 heteroatoms. The molecule has 2 N–H and O–H groups in total. The predicted molar refractivity (Wildman–Crippen MR) is 86.1 cm³/mol. The number of ether oxygens (including phenoxy) is 1. The number of nitrogens with zero attached hydrogens (tertiary/aromatic N) is 4. The Morgan fingerprint density at radius 3 is 2.92 bits per heavy atom. The van der Waals surface area contributed by atoms with E-state index in [1.165, 1.54) is 13.3 Å². The highest BCUT2D eigenvalue weighted by Crippen LogP contribution is 2.20. The number of likely N-dealkylation sites (tertiary alicyclic amines) is 1. The molecule has 0 spiro atoms. The van der Waals surface area contributed by atoms with Crippen molar-refractivity contribution in [3.8, 4) is 0 Å². The predicted octanol–water partition coefficient (Wildman–Crippen LogP) is 0.0781. The Hall–Kier alpha value is -2.68. The second-order valence-corrected chi connectivity index (χ2v) is 5.66. The van der Waals surface area contributed by atoms with Gasteiger partial charge < -0.3 is 20.2 Å². The third-order valence-corrected chi connectivity index (χ3v) is 4.09. The van der Waals surface area contributed by atoms with Crippen molar-refractivity contribution < 1.29 is 14.7 Å². The number of hydrogen-bond acceptors (Lipinski definition) is 7. The fourth-order valence-corrected chi connectivity index (χ4v) is 2.84. The van der Waals surface area contributed by atoms with E-state index in [-0.39, 0.29) is 24.2 Å². The number of fused-ring (bicyclic) bond motifs is 1. The SMILES string of the molecule is COCC(=O)N1CCC(Nc2nc(=O)n(O)c3ncccc23)CC1. The minimum atomic E-state index is -0.781. The van der Waals surface area contributed by atoms with E-state index in [0.717, 1.165) is 12.8 Å². The molecule has 0 bridgehead atoms. The summed E-state index contributed by atoms with van der Waals surface area (Å²) >= 11 is 0. The highest BCUT2D eigenvalue weighted by atomic mass is 16.5. The molecule has 1 saturated heterocycles. The highest BCUT2D eigenvalue weighted by molar-refractivity contribution is 5.86. The zero-order valence-corrected chi connectivity index (χ0v) is 13.3. The molecule has 9 nitrogen and oxygen atoms in total. The first kappa shape index (κ1) is 16.2. The Labute approximate surface area is 137 Å². The van der Waals surface area contributed by atoms with Gasteiger partial charge in [0.25, 0.3) is 0 Å². The monoisotopic (exact) mass is 333 g/mol. The van der Waals surface area contributed by atoms with Gasteiger partial charge in [0.05, 0.1) is 5.39 Å². The van der Waals surface area contributed by atoms with Gasteiger partial charge in [-0.05, 0) is 25.0 Å². The van der Waals surface area contributed by atoms with Crippen LogP contribution in [0.25, 0.3) is 11.0 Å². The van der Waals surface area contributed by atoms with E-state index in [1.54, 1.807) is 17.0 Å². The molecule has 1 amide bonds. The van der Waals surface area contributed by atoms with Crippen molar-refractivity contribution in [2.24, 2.45) is 0 Å². The number of piperidine rings is 1. The van der Waals surface area contributed by atoms with Crippen LogP contribution in [0.3, 0.4) is 0 Å². The van der Waals surface area contributed by atoms with Crippen LogP contribution in [0.15, 0.2) is 23.1 Å². The third kappa shape index (κ3) is 3.16. The van der Waals surface area contributed by atoms with Gasteiger partial charge in [0, 0.05) is 32.4 Å². The van der Waals surface area contributed by atoms with Gasteiger partial charge in [-0.1, -0.05) is 0 Å². The smallest absolute Gasteiger partial charge is 0.384 e. The van der Waals surface area contributed by atoms with Gasteiger partial charge in [-0.15, -0.1) is 4.73 Å². The molecule has 1 aliphatic rings. The topological polar surface area (TPSA) is 110 Å². The number of amides is 1. The van der Waals surface area contributed by atoms with Crippen LogP contribution < -0.4 is 11.0 Å². The summed E-state index contributed by atoms with van der Waals surface area (Å²) in [4.78, 5) is 33.2. The maximum absolute atomic E-state index is 11.8. The second kappa shape index (κ2) is 6.83. The number of carbonyl (C=O) groups is 1. The van der Waals surface area contributed by atoms with E-state index < -0.39 is 5.69 Å². The van der Waals surface area contributed by atoms with Crippen LogP contribution in [-0.4, -0.2) is 63.6 Å². The molecule has 3 heterocycles. The summed E-state index contributed by atoms with van der Waals surface area (Å²) in [5.74, 6) is 0.377. The standard InChI is InChI=1S/C15H19N5O4/c1-24-9-12(21)19-7-4-10(5-8-19)17-13-11-3-2-6-16-14(11)20(23)15(22)18-13/h2-3,6,10,23H,4-5,7-9H2,1H3,(H,17,18,22). The summed E-state index contributed by atoms with van der Waals surface area (Å²) in [5.41, 5.74) is -0.621. The lowest BCUT2D eigenvalue weighted by atomic mass is 10.0. The van der Waals surface area contributed by atoms with Gasteiger partial charge in [-0.2, -0.15) is 4.98 Å². The summed E-state index contributed by atoms with van der Waals surface area (Å²) < 4.78 is 5.30. The molecule has 3 rings (SSSR count). The number of rotatable bonds is 4. The van der Waals surface area contributed by atoms with Crippen molar-refractivity contribution in [2.45, 2.75) is 18.9 Å². The molecule has 24 heavy (non-hydrogen) atoms. The Kier molecular flexibility index (Phi) is 4.61. The largest absolute Gasteiger partial charge is 0.422 e. The number of methoxy groups -OCH3 is 1. The van der Waals surface area contributed by atoms with Crippen LogP contribution in [0.5, 0.6) is 0 Å². The number of nitrogens with one attached hydrogen (secondary N) is 1. The zero-order valence-electron chi connectivity index (χ0n) is 13.3. The van der Waals surface area contributed by atoms with Gasteiger partial charge >= 0.3 is 5.69 Å². The summed E-state index contributed by atoms with van der Waals surface area (Å²) in [6, 6.07) is 3.54. The zero-order chi connectivity index (χ0) is 17.1. The molecule has 0 saturated carbocycles. The number of carbonyl (C=O) groups excluding carboxylic acids is 1. The fourth-order valence-electron chi connectivity index (χ4n) is 2.84. The Morgan fingerprint density at radius 2 is 2.21 bits per heavy atom. The molecule has 0 atom stereocenters. The van der Waals surface area contributed by atoms with Gasteiger partial charge in [0.2, 0.25) is 5.91 Å². The quantitative estimate of drug-likeness (QED) is 0.762. The van der Waals surface area contributed by atoms with Crippen molar-refractivity contribution in [3.05, 3.63) is 28.8 Å². The maximum atomic E-state index is 11.8. The lowest BCUT2D eigenvalue weighted by Crippen LogP contribution is -2.44. The van der Waals surface area contributed by atoms with Crippen molar-refractivity contribution in [1.29, 1.82) is 0 Å². The average molecular weight is 333 g/mol. The molecule has 2 aromatic heterocycles. The second-order valence-electron chi connectivity index (χ2n) is 5.66. The number of anilines is 1. The van der Waals surface area contributed by atoms with E-state index in [4.69, 9.17) is 4.74 Å². The van der Waals surface area contributed by atoms with Crippen LogP contribution in [0.2, 0.25) is 0 Å². The lowest BCUT2D eigenvalue weighted by Gasteiger charge is -2.32. The molecule has 1 aliphatic heterocycles. The van der Waals surface area contributed by atoms with Gasteiger partial charge in [-0.3, -0.25) is 4.79 Å². The van der Waals surface area contributed by atoms with Crippen molar-refractivity contribution in [2.75, 3.05) is 32.1 Å². The molecule has 0 aromatic carbocycles. The van der Waals surface area contributed by atoms with Crippen molar-refractivity contribution in [3.63, 3.8) is 0 Å². The number of pyridine rings is 1. The molecule has 128 valence electrons. The maximum Gasteiger partial charge on any atom is 0.384 e. The first-order valence-corrected chi connectivity index (χ1v) is 7.70. The first-order valence-electron chi connectivity index (χ1n) is 7.70. The fraction of sp³-hybridized carbons (Fsp3) is 0.467. The third-order valence-electron chi connectivity index (χ3n) is 4.09. The highest BCUT2D eigenvalue weighted by Gasteiger charge is 2.23. The number of hydrogen-bond donors (Lipinski definition) is 2. The summed E-state index contributed by atoms with van der Waals surface area (Å²) in [6.07, 6.45) is 2.97. The van der Waals surface area contributed by atoms with E-state index in [9.17, 15) is 14.8 Å². The molecule has 2 aromatic rings. The van der Waals surface area contributed by atoms with Crippen LogP contribution >= 0.6 is 0 Å². The molecule has 0 radical (unpaired) electrons. The van der Waals surface area contributed by atoms with Gasteiger partial charge in [-0.25, -0.2) is 9.78 Å². The summed E-state index contributed by atoms with van der Waals surface area (Å²) in [7, 11) is 1.50. The molecule has 1 fully saturated rings.